The van der Waals surface area contributed by atoms with Gasteiger partial charge in [-0.05, 0) is 134 Å². The van der Waals surface area contributed by atoms with E-state index < -0.39 is 8.07 Å². The predicted molar refractivity (Wildman–Crippen MR) is 286 cm³/mol. The van der Waals surface area contributed by atoms with Crippen molar-refractivity contribution in [3.8, 4) is 11.1 Å². The molecule has 5 aliphatic rings. The topological polar surface area (TPSA) is 9.72 Å². The van der Waals surface area contributed by atoms with Crippen LogP contribution in [0.1, 0.15) is 45.1 Å². The first kappa shape index (κ1) is 38.9. The highest BCUT2D eigenvalue weighted by Gasteiger charge is 2.60. The molecule has 0 radical (unpaired) electrons. The van der Waals surface area contributed by atoms with Crippen molar-refractivity contribution in [1.29, 1.82) is 0 Å². The molecule has 3 nitrogen and oxygen atoms in total. The smallest absolute Gasteiger partial charge is 0.251 e. The van der Waals surface area contributed by atoms with Crippen LogP contribution in [-0.2, 0) is 5.41 Å². The zero-order valence-electron chi connectivity index (χ0n) is 38.0. The molecule has 1 fully saturated rings. The molecule has 0 N–H and O–H groups in total. The second-order valence-corrected chi connectivity index (χ2v) is 23.6. The summed E-state index contributed by atoms with van der Waals surface area (Å²) in [6.45, 7) is 5.19. The van der Waals surface area contributed by atoms with Gasteiger partial charge in [0, 0.05) is 50.9 Å². The predicted octanol–water partition coefficient (Wildman–Crippen LogP) is 10.9. The Morgan fingerprint density at radius 3 is 1.43 bits per heavy atom. The van der Waals surface area contributed by atoms with Gasteiger partial charge in [0.1, 0.15) is 0 Å². The average molecular weight is 876 g/mol. The number of para-hydroxylation sites is 2. The standard InChI is InChI=1S/C62H50BN3Si/c1-61-38-18-19-39-62(61,2)66(51-37-36-44(40-50(51)61)43-22-8-3-9-23-43)47-41-54-58-55(42-47)65(46-26-12-5-13-27-46)53-33-21-35-57-60(53)63(58)59-52(64(54)45-24-10-4-11-25-45)32-20-34-56(59)67(57,48-28-14-6-15-29-48)49-30-16-7-17-31-49/h3-17,20-37,40-42H,18-19,38-39H2,1-2H3. The summed E-state index contributed by atoms with van der Waals surface area (Å²) >= 11 is 0. The molecule has 2 atom stereocenters. The molecule has 14 rings (SSSR count). The highest BCUT2D eigenvalue weighted by atomic mass is 28.3. The molecular weight excluding hydrogens is 826 g/mol. The first-order valence-electron chi connectivity index (χ1n) is 24.3. The molecule has 5 heteroatoms. The molecule has 9 aromatic rings. The molecule has 9 aromatic carbocycles. The van der Waals surface area contributed by atoms with Crippen LogP contribution in [0.4, 0.5) is 45.5 Å². The minimum Gasteiger partial charge on any atom is -0.334 e. The van der Waals surface area contributed by atoms with Crippen molar-refractivity contribution in [2.45, 2.75) is 50.5 Å². The lowest BCUT2D eigenvalue weighted by Crippen LogP contribution is -2.88. The summed E-state index contributed by atoms with van der Waals surface area (Å²) < 4.78 is 0. The van der Waals surface area contributed by atoms with Gasteiger partial charge in [-0.3, -0.25) is 0 Å². The van der Waals surface area contributed by atoms with Gasteiger partial charge in [-0.15, -0.1) is 0 Å². The summed E-state index contributed by atoms with van der Waals surface area (Å²) in [7, 11) is -2.92. The van der Waals surface area contributed by atoms with Crippen LogP contribution >= 0.6 is 0 Å². The zero-order valence-corrected chi connectivity index (χ0v) is 39.0. The SMILES string of the molecule is CC12CCCCC1(C)N(c1cc3c4c(c1)N(c1ccccc1)c1cccc5c1B4c1c(cccc1[Si]5(c1ccccc1)c1ccccc1)N3c1ccccc1)c1ccc(-c3ccccc3)cc12. The van der Waals surface area contributed by atoms with Crippen LogP contribution in [0.2, 0.25) is 0 Å². The van der Waals surface area contributed by atoms with Gasteiger partial charge in [0.2, 0.25) is 0 Å². The van der Waals surface area contributed by atoms with Gasteiger partial charge >= 0.3 is 0 Å². The average Bonchev–Trinajstić information content (AvgIpc) is 3.60. The maximum Gasteiger partial charge on any atom is 0.251 e. The molecule has 0 saturated heterocycles. The van der Waals surface area contributed by atoms with Crippen molar-refractivity contribution < 1.29 is 0 Å². The fraction of sp³-hybridized carbons (Fsp3) is 0.129. The van der Waals surface area contributed by atoms with E-state index in [1.165, 1.54) is 112 Å². The summed E-state index contributed by atoms with van der Waals surface area (Å²) in [5.41, 5.74) is 18.2. The van der Waals surface area contributed by atoms with Gasteiger partial charge in [-0.2, -0.15) is 0 Å². The van der Waals surface area contributed by atoms with Gasteiger partial charge < -0.3 is 14.7 Å². The molecule has 67 heavy (non-hydrogen) atoms. The normalized spacial score (nSPS) is 20.0. The van der Waals surface area contributed by atoms with Gasteiger partial charge in [0.15, 0.2) is 8.07 Å². The Bertz CT molecular complexity index is 3260. The van der Waals surface area contributed by atoms with E-state index in [1.54, 1.807) is 0 Å². The molecule has 4 heterocycles. The highest BCUT2D eigenvalue weighted by Crippen LogP contribution is 2.62. The van der Waals surface area contributed by atoms with E-state index in [-0.39, 0.29) is 17.7 Å². The lowest BCUT2D eigenvalue weighted by Gasteiger charge is -2.53. The van der Waals surface area contributed by atoms with Gasteiger partial charge in [0.05, 0.1) is 5.54 Å². The first-order valence-corrected chi connectivity index (χ1v) is 26.3. The van der Waals surface area contributed by atoms with Crippen LogP contribution in [-0.4, -0.2) is 20.3 Å². The monoisotopic (exact) mass is 875 g/mol. The van der Waals surface area contributed by atoms with Crippen LogP contribution < -0.4 is 51.8 Å². The molecule has 0 spiro atoms. The molecule has 2 unspecified atom stereocenters. The maximum atomic E-state index is 2.79. The lowest BCUT2D eigenvalue weighted by molar-refractivity contribution is 0.195. The second-order valence-electron chi connectivity index (χ2n) is 19.9. The molecule has 1 aliphatic carbocycles. The Morgan fingerprint density at radius 1 is 0.403 bits per heavy atom. The van der Waals surface area contributed by atoms with Crippen molar-refractivity contribution in [1.82, 2.24) is 0 Å². The van der Waals surface area contributed by atoms with Gasteiger partial charge in [-0.1, -0.05) is 177 Å². The summed E-state index contributed by atoms with van der Waals surface area (Å²) in [4.78, 5) is 8.06. The van der Waals surface area contributed by atoms with Crippen LogP contribution in [0.5, 0.6) is 0 Å². The van der Waals surface area contributed by atoms with Crippen molar-refractivity contribution in [3.63, 3.8) is 0 Å². The molecule has 1 saturated carbocycles. The molecule has 0 bridgehead atoms. The second kappa shape index (κ2) is 14.3. The number of fused-ring (bicyclic) bond motifs is 3. The number of rotatable bonds is 6. The third-order valence-electron chi connectivity index (χ3n) is 16.8. The Hall–Kier alpha value is -7.34. The number of hydrogen-bond acceptors (Lipinski definition) is 3. The van der Waals surface area contributed by atoms with Crippen molar-refractivity contribution >= 4 is 97.4 Å². The van der Waals surface area contributed by atoms with Crippen molar-refractivity contribution in [3.05, 3.63) is 224 Å². The fourth-order valence-electron chi connectivity index (χ4n) is 13.8. The molecule has 320 valence electrons. The van der Waals surface area contributed by atoms with E-state index in [2.05, 4.69) is 247 Å². The third-order valence-corrected chi connectivity index (χ3v) is 21.7. The van der Waals surface area contributed by atoms with Crippen LogP contribution in [0.15, 0.2) is 218 Å². The third kappa shape index (κ3) is 5.13. The largest absolute Gasteiger partial charge is 0.334 e. The zero-order chi connectivity index (χ0) is 44.5. The molecule has 0 amide bonds. The summed E-state index contributed by atoms with van der Waals surface area (Å²) in [6.07, 6.45) is 4.75. The van der Waals surface area contributed by atoms with E-state index >= 15 is 0 Å². The number of anilines is 8. The summed E-state index contributed by atoms with van der Waals surface area (Å²) in [6, 6.07) is 83.5. The Labute approximate surface area is 395 Å². The van der Waals surface area contributed by atoms with E-state index in [1.807, 2.05) is 0 Å². The van der Waals surface area contributed by atoms with E-state index in [0.29, 0.717) is 0 Å². The van der Waals surface area contributed by atoms with Crippen LogP contribution in [0.3, 0.4) is 0 Å². The maximum absolute atomic E-state index is 2.92. The van der Waals surface area contributed by atoms with Gasteiger partial charge in [0.25, 0.3) is 6.71 Å². The number of hydrogen-bond donors (Lipinski definition) is 0. The minimum absolute atomic E-state index is 0.0358. The molecular formula is C62H50BN3Si. The highest BCUT2D eigenvalue weighted by molar-refractivity contribution is 7.27. The van der Waals surface area contributed by atoms with E-state index in [9.17, 15) is 0 Å². The van der Waals surface area contributed by atoms with Crippen molar-refractivity contribution in [2.24, 2.45) is 0 Å². The summed E-state index contributed by atoms with van der Waals surface area (Å²) in [5.74, 6) is 0. The van der Waals surface area contributed by atoms with Crippen LogP contribution in [0.25, 0.3) is 11.1 Å². The summed E-state index contributed by atoms with van der Waals surface area (Å²) in [5, 5.41) is 5.80. The quantitative estimate of drug-likeness (QED) is 0.154. The minimum atomic E-state index is -2.92. The van der Waals surface area contributed by atoms with E-state index in [4.69, 9.17) is 0 Å². The molecule has 0 aromatic heterocycles. The number of nitrogens with zero attached hydrogens (tertiary/aromatic N) is 3. The number of benzene rings is 9. The Morgan fingerprint density at radius 2 is 0.896 bits per heavy atom. The lowest BCUT2D eigenvalue weighted by atomic mass is 9.33. The fourth-order valence-corrected chi connectivity index (χ4v) is 19.1. The van der Waals surface area contributed by atoms with E-state index in [0.717, 1.165) is 12.8 Å². The Balaban J connectivity index is 1.11. The van der Waals surface area contributed by atoms with Crippen molar-refractivity contribution in [2.75, 3.05) is 14.7 Å². The Kier molecular flexibility index (Phi) is 8.32. The van der Waals surface area contributed by atoms with Gasteiger partial charge in [-0.25, -0.2) is 0 Å². The van der Waals surface area contributed by atoms with Crippen LogP contribution in [0, 0.1) is 0 Å². The molecule has 4 aliphatic heterocycles. The first-order chi connectivity index (χ1) is 33.0.